The van der Waals surface area contributed by atoms with Gasteiger partial charge >= 0.3 is 0 Å². The number of amides is 1. The number of rotatable bonds is 4. The number of hydrogen-bond acceptors (Lipinski definition) is 3. The summed E-state index contributed by atoms with van der Waals surface area (Å²) in [6.07, 6.45) is -0.200. The molecule has 3 rings (SSSR count). The van der Waals surface area contributed by atoms with Crippen LogP contribution in [0.15, 0.2) is 47.3 Å². The largest absolute Gasteiger partial charge is 0.280 e. The second kappa shape index (κ2) is 7.03. The third-order valence-corrected chi connectivity index (χ3v) is 3.90. The average molecular weight is 357 g/mol. The number of aromatic nitrogens is 2. The highest BCUT2D eigenvalue weighted by Gasteiger charge is 2.16. The maximum absolute atomic E-state index is 13.3. The van der Waals surface area contributed by atoms with Crippen molar-refractivity contribution in [1.82, 2.24) is 9.66 Å². The highest BCUT2D eigenvalue weighted by atomic mass is 19.2. The Morgan fingerprint density at radius 3 is 2.58 bits per heavy atom. The van der Waals surface area contributed by atoms with E-state index < -0.39 is 23.1 Å². The molecule has 134 valence electrons. The lowest BCUT2D eigenvalue weighted by molar-refractivity contribution is -0.116. The predicted molar refractivity (Wildman–Crippen MR) is 94.5 cm³/mol. The number of nitrogens with one attached hydrogen (secondary N) is 1. The molecule has 0 aliphatic rings. The summed E-state index contributed by atoms with van der Waals surface area (Å²) in [6, 6.07) is 10.1. The van der Waals surface area contributed by atoms with Gasteiger partial charge < -0.3 is 0 Å². The van der Waals surface area contributed by atoms with Crippen LogP contribution in [-0.2, 0) is 11.2 Å². The van der Waals surface area contributed by atoms with Gasteiger partial charge in [-0.2, -0.15) is 0 Å². The number of hydrogen-bond donors (Lipinski definition) is 1. The molecule has 0 unspecified atom stereocenters. The van der Waals surface area contributed by atoms with Crippen LogP contribution in [0.4, 0.5) is 8.78 Å². The zero-order chi connectivity index (χ0) is 18.8. The van der Waals surface area contributed by atoms with Crippen molar-refractivity contribution in [1.29, 1.82) is 0 Å². The van der Waals surface area contributed by atoms with Crippen LogP contribution in [0.2, 0.25) is 0 Å². The molecule has 2 aromatic carbocycles. The van der Waals surface area contributed by atoms with E-state index in [0.29, 0.717) is 22.3 Å². The first kappa shape index (κ1) is 17.7. The highest BCUT2D eigenvalue weighted by molar-refractivity contribution is 5.86. The van der Waals surface area contributed by atoms with Crippen molar-refractivity contribution < 1.29 is 13.6 Å². The van der Waals surface area contributed by atoms with Gasteiger partial charge in [-0.05, 0) is 29.8 Å². The molecular weight excluding hydrogens is 340 g/mol. The lowest BCUT2D eigenvalue weighted by atomic mass is 10.1. The summed E-state index contributed by atoms with van der Waals surface area (Å²) >= 11 is 0. The molecule has 0 saturated heterocycles. The van der Waals surface area contributed by atoms with Crippen molar-refractivity contribution in [3.8, 4) is 0 Å². The Morgan fingerprint density at radius 1 is 1.15 bits per heavy atom. The molecule has 26 heavy (non-hydrogen) atoms. The molecule has 7 heteroatoms. The predicted octanol–water partition coefficient (Wildman–Crippen LogP) is 3.11. The fourth-order valence-electron chi connectivity index (χ4n) is 2.64. The van der Waals surface area contributed by atoms with Gasteiger partial charge in [-0.3, -0.25) is 15.0 Å². The van der Waals surface area contributed by atoms with Crippen LogP contribution in [0.1, 0.15) is 31.2 Å². The molecule has 1 aromatic heterocycles. The molecule has 1 N–H and O–H groups in total. The first-order chi connectivity index (χ1) is 12.4. The summed E-state index contributed by atoms with van der Waals surface area (Å²) in [7, 11) is 0. The number of fused-ring (bicyclic) bond motifs is 1. The van der Waals surface area contributed by atoms with Crippen LogP contribution in [0.25, 0.3) is 10.9 Å². The van der Waals surface area contributed by atoms with E-state index in [1.165, 1.54) is 6.07 Å². The highest BCUT2D eigenvalue weighted by Crippen LogP contribution is 2.14. The van der Waals surface area contributed by atoms with Crippen molar-refractivity contribution >= 4 is 16.8 Å². The van der Waals surface area contributed by atoms with Gasteiger partial charge in [-0.15, -0.1) is 0 Å². The van der Waals surface area contributed by atoms with Crippen molar-refractivity contribution in [3.05, 3.63) is 75.8 Å². The minimum absolute atomic E-state index is 0.115. The van der Waals surface area contributed by atoms with Crippen LogP contribution >= 0.6 is 0 Å². The van der Waals surface area contributed by atoms with Crippen molar-refractivity contribution in [2.75, 3.05) is 5.43 Å². The van der Waals surface area contributed by atoms with Crippen LogP contribution < -0.4 is 11.0 Å². The molecule has 5 nitrogen and oxygen atoms in total. The molecule has 0 aliphatic carbocycles. The topological polar surface area (TPSA) is 64.0 Å². The van der Waals surface area contributed by atoms with Crippen LogP contribution in [-0.4, -0.2) is 15.6 Å². The van der Waals surface area contributed by atoms with E-state index in [2.05, 4.69) is 10.4 Å². The summed E-state index contributed by atoms with van der Waals surface area (Å²) in [5.41, 5.74) is 2.98. The van der Waals surface area contributed by atoms with E-state index >= 15 is 0 Å². The minimum Gasteiger partial charge on any atom is -0.273 e. The molecular formula is C19H17F2N3O2. The molecule has 0 fully saturated rings. The quantitative estimate of drug-likeness (QED) is 0.780. The maximum atomic E-state index is 13.3. The Labute approximate surface area is 148 Å². The van der Waals surface area contributed by atoms with Crippen LogP contribution in [0.5, 0.6) is 0 Å². The molecule has 0 spiro atoms. The third-order valence-electron chi connectivity index (χ3n) is 3.90. The lowest BCUT2D eigenvalue weighted by Gasteiger charge is -2.16. The molecule has 0 bridgehead atoms. The molecule has 0 saturated carbocycles. The van der Waals surface area contributed by atoms with E-state index in [1.54, 1.807) is 24.3 Å². The number of nitrogens with zero attached hydrogens (tertiary/aromatic N) is 2. The summed E-state index contributed by atoms with van der Waals surface area (Å²) in [5, 5.41) is 0.380. The number of benzene rings is 2. The number of carbonyl (C=O) groups is 1. The van der Waals surface area contributed by atoms with Gasteiger partial charge in [-0.1, -0.05) is 32.0 Å². The molecule has 0 atom stereocenters. The van der Waals surface area contributed by atoms with Crippen molar-refractivity contribution in [3.63, 3.8) is 0 Å². The van der Waals surface area contributed by atoms with Crippen molar-refractivity contribution in [2.24, 2.45) is 0 Å². The van der Waals surface area contributed by atoms with Gasteiger partial charge in [0.15, 0.2) is 11.6 Å². The van der Waals surface area contributed by atoms with Crippen molar-refractivity contribution in [2.45, 2.75) is 26.2 Å². The number of para-hydroxylation sites is 1. The lowest BCUT2D eigenvalue weighted by Crippen LogP contribution is -2.37. The minimum atomic E-state index is -1.03. The third kappa shape index (κ3) is 3.46. The summed E-state index contributed by atoms with van der Waals surface area (Å²) in [6.45, 7) is 3.71. The molecule has 0 radical (unpaired) electrons. The van der Waals surface area contributed by atoms with Gasteiger partial charge in [0.1, 0.15) is 5.82 Å². The fourth-order valence-corrected chi connectivity index (χ4v) is 2.64. The zero-order valence-corrected chi connectivity index (χ0v) is 14.3. The maximum Gasteiger partial charge on any atom is 0.280 e. The van der Waals surface area contributed by atoms with E-state index in [4.69, 9.17) is 0 Å². The Balaban J connectivity index is 1.95. The fraction of sp³-hybridized carbons (Fsp3) is 0.211. The number of halogens is 2. The van der Waals surface area contributed by atoms with Gasteiger partial charge in [-0.25, -0.2) is 18.4 Å². The summed E-state index contributed by atoms with van der Waals surface area (Å²) in [5.74, 6) is -2.24. The molecule has 0 aliphatic heterocycles. The van der Waals surface area contributed by atoms with E-state index in [-0.39, 0.29) is 12.3 Å². The summed E-state index contributed by atoms with van der Waals surface area (Å²) < 4.78 is 27.4. The first-order valence-electron chi connectivity index (χ1n) is 8.12. The monoisotopic (exact) mass is 357 g/mol. The van der Waals surface area contributed by atoms with Gasteiger partial charge in [0, 0.05) is 5.92 Å². The van der Waals surface area contributed by atoms with E-state index in [1.807, 2.05) is 13.8 Å². The molecule has 3 aromatic rings. The van der Waals surface area contributed by atoms with Gasteiger partial charge in [0.05, 0.1) is 17.3 Å². The Bertz CT molecular complexity index is 1040. The Morgan fingerprint density at radius 2 is 1.88 bits per heavy atom. The molecule has 1 heterocycles. The van der Waals surface area contributed by atoms with Crippen LogP contribution in [0, 0.1) is 11.6 Å². The average Bonchev–Trinajstić information content (AvgIpc) is 2.60. The summed E-state index contributed by atoms with van der Waals surface area (Å²) in [4.78, 5) is 29.5. The smallest absolute Gasteiger partial charge is 0.273 e. The van der Waals surface area contributed by atoms with E-state index in [0.717, 1.165) is 16.8 Å². The van der Waals surface area contributed by atoms with Gasteiger partial charge in [0.2, 0.25) is 5.91 Å². The van der Waals surface area contributed by atoms with Gasteiger partial charge in [0.25, 0.3) is 5.56 Å². The number of carbonyl (C=O) groups excluding carboxylic acids is 1. The second-order valence-electron chi connectivity index (χ2n) is 6.24. The first-order valence-corrected chi connectivity index (χ1v) is 8.12. The standard InChI is InChI=1S/C19H17F2N3O2/c1-11(2)18-22-16-6-4-3-5-13(16)19(26)24(18)23-17(25)10-12-7-8-14(20)15(21)9-12/h3-9,11H,10H2,1-2H3,(H,23,25). The molecule has 1 amide bonds. The Hall–Kier alpha value is -3.09. The van der Waals surface area contributed by atoms with Crippen LogP contribution in [0.3, 0.4) is 0 Å². The zero-order valence-electron chi connectivity index (χ0n) is 14.3. The normalized spacial score (nSPS) is 11.1. The van der Waals surface area contributed by atoms with E-state index in [9.17, 15) is 18.4 Å². The Kier molecular flexibility index (Phi) is 4.79. The second-order valence-corrected chi connectivity index (χ2v) is 6.24. The SMILES string of the molecule is CC(C)c1nc2ccccc2c(=O)n1NC(=O)Cc1ccc(F)c(F)c1.